The average Bonchev–Trinajstić information content (AvgIpc) is 2.98. The highest BCUT2D eigenvalue weighted by molar-refractivity contribution is 5.66. The van der Waals surface area contributed by atoms with Crippen LogP contribution in [0.25, 0.3) is 0 Å². The third-order valence-electron chi connectivity index (χ3n) is 10.2. The van der Waals surface area contributed by atoms with E-state index in [0.29, 0.717) is 35.5 Å². The summed E-state index contributed by atoms with van der Waals surface area (Å²) in [4.78, 5) is 11.1. The Morgan fingerprint density at radius 3 is 2.39 bits per heavy atom. The van der Waals surface area contributed by atoms with Gasteiger partial charge in [-0.25, -0.2) is 0 Å². The van der Waals surface area contributed by atoms with Crippen LogP contribution in [0, 0.1) is 46.3 Å². The van der Waals surface area contributed by atoms with Crippen molar-refractivity contribution in [1.82, 2.24) is 0 Å². The number of carboxylic acid groups (broad SMARTS) is 1. The second kappa shape index (κ2) is 7.27. The fraction of sp³-hybridized carbons (Fsp3) is 0.958. The van der Waals surface area contributed by atoms with Crippen LogP contribution in [-0.2, 0) is 4.79 Å². The topological polar surface area (TPSA) is 77.8 Å². The van der Waals surface area contributed by atoms with Crippen LogP contribution in [0.3, 0.4) is 0 Å². The molecule has 4 heteroatoms. The number of hydrogen-bond donors (Lipinski definition) is 3. The highest BCUT2D eigenvalue weighted by Crippen LogP contribution is 2.68. The summed E-state index contributed by atoms with van der Waals surface area (Å²) < 4.78 is 0. The van der Waals surface area contributed by atoms with Crippen molar-refractivity contribution in [1.29, 1.82) is 0 Å². The Bertz CT molecular complexity index is 605. The Balaban J connectivity index is 1.55. The van der Waals surface area contributed by atoms with Crippen LogP contribution in [0.2, 0.25) is 0 Å². The molecule has 0 aromatic rings. The van der Waals surface area contributed by atoms with Crippen molar-refractivity contribution >= 4 is 5.97 Å². The molecule has 4 rings (SSSR count). The zero-order valence-electron chi connectivity index (χ0n) is 17.9. The number of rotatable bonds is 4. The Labute approximate surface area is 170 Å². The second-order valence-electron chi connectivity index (χ2n) is 11.4. The molecular weight excluding hydrogens is 352 g/mol. The van der Waals surface area contributed by atoms with Crippen LogP contribution in [0.15, 0.2) is 0 Å². The summed E-state index contributed by atoms with van der Waals surface area (Å²) in [6.07, 6.45) is 9.19. The largest absolute Gasteiger partial charge is 0.481 e. The van der Waals surface area contributed by atoms with Crippen LogP contribution in [0.1, 0.15) is 85.0 Å². The lowest BCUT2D eigenvalue weighted by atomic mass is 9.43. The molecule has 0 aliphatic heterocycles. The molecular formula is C24H40O4. The number of aliphatic hydroxyl groups excluding tert-OH is 2. The van der Waals surface area contributed by atoms with Crippen molar-refractivity contribution < 1.29 is 20.1 Å². The summed E-state index contributed by atoms with van der Waals surface area (Å²) in [6.45, 7) is 7.16. The Morgan fingerprint density at radius 2 is 1.68 bits per heavy atom. The van der Waals surface area contributed by atoms with Crippen molar-refractivity contribution in [3.63, 3.8) is 0 Å². The van der Waals surface area contributed by atoms with Crippen molar-refractivity contribution in [3.8, 4) is 0 Å². The SMILES string of the molecule is CC(CCC(=O)O)[C@H]1CCC2C3C(CC[C@@]21C)[C@@]1(C)CC[C@@H](O)C[C@H]1C[C@@H]3O. The molecule has 4 unspecified atom stereocenters. The number of aliphatic carboxylic acids is 1. The van der Waals surface area contributed by atoms with Crippen LogP contribution in [-0.4, -0.2) is 33.5 Å². The van der Waals surface area contributed by atoms with E-state index in [9.17, 15) is 15.0 Å². The lowest BCUT2D eigenvalue weighted by Crippen LogP contribution is -2.58. The van der Waals surface area contributed by atoms with E-state index < -0.39 is 5.97 Å². The molecule has 4 aliphatic carbocycles. The van der Waals surface area contributed by atoms with E-state index >= 15 is 0 Å². The summed E-state index contributed by atoms with van der Waals surface area (Å²) in [5.41, 5.74) is 0.523. The van der Waals surface area contributed by atoms with Gasteiger partial charge in [0.1, 0.15) is 0 Å². The van der Waals surface area contributed by atoms with Gasteiger partial charge in [0.15, 0.2) is 0 Å². The quantitative estimate of drug-likeness (QED) is 0.659. The maximum Gasteiger partial charge on any atom is 0.303 e. The molecule has 4 aliphatic rings. The van der Waals surface area contributed by atoms with Gasteiger partial charge in [0.25, 0.3) is 0 Å². The Kier molecular flexibility index (Phi) is 5.36. The zero-order valence-corrected chi connectivity index (χ0v) is 17.9. The third kappa shape index (κ3) is 3.14. The van der Waals surface area contributed by atoms with Gasteiger partial charge in [0.2, 0.25) is 0 Å². The molecule has 3 N–H and O–H groups in total. The molecule has 0 radical (unpaired) electrons. The highest BCUT2D eigenvalue weighted by atomic mass is 16.4. The number of carboxylic acids is 1. The van der Waals surface area contributed by atoms with E-state index in [1.54, 1.807) is 0 Å². The summed E-state index contributed by atoms with van der Waals surface area (Å²) in [7, 11) is 0. The summed E-state index contributed by atoms with van der Waals surface area (Å²) in [6, 6.07) is 0. The molecule has 0 amide bonds. The van der Waals surface area contributed by atoms with Crippen molar-refractivity contribution in [2.45, 2.75) is 97.2 Å². The molecule has 0 heterocycles. The third-order valence-corrected chi connectivity index (χ3v) is 10.2. The van der Waals surface area contributed by atoms with Crippen molar-refractivity contribution in [2.75, 3.05) is 0 Å². The van der Waals surface area contributed by atoms with Crippen LogP contribution in [0.5, 0.6) is 0 Å². The number of fused-ring (bicyclic) bond motifs is 5. The molecule has 160 valence electrons. The summed E-state index contributed by atoms with van der Waals surface area (Å²) in [5.74, 6) is 2.36. The van der Waals surface area contributed by atoms with E-state index in [0.717, 1.165) is 32.1 Å². The molecule has 28 heavy (non-hydrogen) atoms. The highest BCUT2D eigenvalue weighted by Gasteiger charge is 2.62. The first-order valence-corrected chi connectivity index (χ1v) is 11.7. The number of aliphatic hydroxyl groups is 2. The fourth-order valence-electron chi connectivity index (χ4n) is 8.73. The van der Waals surface area contributed by atoms with Crippen molar-refractivity contribution in [3.05, 3.63) is 0 Å². The van der Waals surface area contributed by atoms with Gasteiger partial charge in [-0.1, -0.05) is 20.8 Å². The van der Waals surface area contributed by atoms with E-state index in [2.05, 4.69) is 20.8 Å². The van der Waals surface area contributed by atoms with E-state index in [1.807, 2.05) is 0 Å². The van der Waals surface area contributed by atoms with Gasteiger partial charge in [0.05, 0.1) is 12.2 Å². The lowest BCUT2D eigenvalue weighted by Gasteiger charge is -2.62. The molecule has 0 saturated heterocycles. The van der Waals surface area contributed by atoms with Gasteiger partial charge in [-0.05, 0) is 104 Å². The molecule has 0 bridgehead atoms. The lowest BCUT2D eigenvalue weighted by molar-refractivity contribution is -0.174. The molecule has 10 atom stereocenters. The average molecular weight is 393 g/mol. The minimum atomic E-state index is -0.684. The minimum Gasteiger partial charge on any atom is -0.481 e. The Morgan fingerprint density at radius 1 is 1.00 bits per heavy atom. The van der Waals surface area contributed by atoms with Gasteiger partial charge in [-0.2, -0.15) is 0 Å². The molecule has 4 nitrogen and oxygen atoms in total. The maximum atomic E-state index is 11.2. The van der Waals surface area contributed by atoms with Crippen LogP contribution < -0.4 is 0 Å². The molecule has 0 aromatic heterocycles. The van der Waals surface area contributed by atoms with Gasteiger partial charge >= 0.3 is 5.97 Å². The molecule has 0 aromatic carbocycles. The number of hydrogen-bond acceptors (Lipinski definition) is 3. The Hall–Kier alpha value is -0.610. The standard InChI is InChI=1S/C24H40O4/c1-14(4-7-21(27)28)17-5-6-18-22-19(9-11-24(17,18)3)23(2)10-8-16(25)12-15(23)13-20(22)26/h14-20,22,25-26H,4-13H2,1-3H3,(H,27,28)/t14?,15-,16+,17+,18?,19?,20-,22?,23-,24+/m0/s1. The van der Waals surface area contributed by atoms with Crippen LogP contribution in [0.4, 0.5) is 0 Å². The van der Waals surface area contributed by atoms with E-state index in [4.69, 9.17) is 5.11 Å². The van der Waals surface area contributed by atoms with E-state index in [1.165, 1.54) is 25.7 Å². The minimum absolute atomic E-state index is 0.179. The first-order chi connectivity index (χ1) is 13.2. The molecule has 4 fully saturated rings. The summed E-state index contributed by atoms with van der Waals surface area (Å²) in [5, 5.41) is 30.5. The fourth-order valence-corrected chi connectivity index (χ4v) is 8.73. The predicted molar refractivity (Wildman–Crippen MR) is 109 cm³/mol. The second-order valence-corrected chi connectivity index (χ2v) is 11.4. The number of carbonyl (C=O) groups is 1. The molecule has 0 spiro atoms. The first kappa shape index (κ1) is 20.7. The van der Waals surface area contributed by atoms with Crippen LogP contribution >= 0.6 is 0 Å². The monoisotopic (exact) mass is 392 g/mol. The predicted octanol–water partition coefficient (Wildman–Crippen LogP) is 4.48. The van der Waals surface area contributed by atoms with Gasteiger partial charge in [-0.3, -0.25) is 4.79 Å². The van der Waals surface area contributed by atoms with E-state index in [-0.39, 0.29) is 29.5 Å². The van der Waals surface area contributed by atoms with Gasteiger partial charge < -0.3 is 15.3 Å². The summed E-state index contributed by atoms with van der Waals surface area (Å²) >= 11 is 0. The van der Waals surface area contributed by atoms with Crippen molar-refractivity contribution in [2.24, 2.45) is 46.3 Å². The molecule has 4 saturated carbocycles. The van der Waals surface area contributed by atoms with Gasteiger partial charge in [-0.15, -0.1) is 0 Å². The maximum absolute atomic E-state index is 11.2. The van der Waals surface area contributed by atoms with Gasteiger partial charge in [0, 0.05) is 6.42 Å². The smallest absolute Gasteiger partial charge is 0.303 e. The normalized spacial score (nSPS) is 51.7. The zero-order chi connectivity index (χ0) is 20.3. The first-order valence-electron chi connectivity index (χ1n) is 11.7.